The summed E-state index contributed by atoms with van der Waals surface area (Å²) in [5.74, 6) is -0.447. The van der Waals surface area contributed by atoms with Gasteiger partial charge in [-0.05, 0) is 75.9 Å². The van der Waals surface area contributed by atoms with Gasteiger partial charge in [-0.25, -0.2) is 4.39 Å². The van der Waals surface area contributed by atoms with Crippen LogP contribution in [0.2, 0.25) is 0 Å². The predicted octanol–water partition coefficient (Wildman–Crippen LogP) is 4.72. The minimum absolute atomic E-state index is 0.00493. The summed E-state index contributed by atoms with van der Waals surface area (Å²) in [5.41, 5.74) is 0.541. The number of carbonyl (C=O) groups excluding carboxylic acids is 1. The third-order valence-electron chi connectivity index (χ3n) is 3.72. The Hall–Kier alpha value is -2.26. The summed E-state index contributed by atoms with van der Waals surface area (Å²) in [6.45, 7) is 0. The van der Waals surface area contributed by atoms with E-state index in [1.807, 2.05) is 46.9 Å². The lowest BCUT2D eigenvalue weighted by Gasteiger charge is -2.13. The number of hydrogen-bond acceptors (Lipinski definition) is 3. The Morgan fingerprint density at radius 1 is 1.12 bits per heavy atom. The van der Waals surface area contributed by atoms with Crippen molar-refractivity contribution in [3.05, 3.63) is 69.5 Å². The molecular weight excluding hydrogens is 466 g/mol. The highest BCUT2D eigenvalue weighted by molar-refractivity contribution is 14.1. The Labute approximate surface area is 168 Å². The molecule has 3 aromatic carbocycles. The van der Waals surface area contributed by atoms with Crippen molar-refractivity contribution in [1.82, 2.24) is 5.32 Å². The molecule has 0 unspecified atom stereocenters. The van der Waals surface area contributed by atoms with E-state index < -0.39 is 11.7 Å². The molecule has 2 N–H and O–H groups in total. The lowest BCUT2D eigenvalue weighted by atomic mass is 10.1. The number of benzene rings is 3. The Morgan fingerprint density at radius 3 is 2.46 bits per heavy atom. The number of rotatable bonds is 3. The molecule has 0 radical (unpaired) electrons. The summed E-state index contributed by atoms with van der Waals surface area (Å²) in [6, 6.07) is 15.8. The van der Waals surface area contributed by atoms with Gasteiger partial charge in [0.15, 0.2) is 5.11 Å². The van der Waals surface area contributed by atoms with Crippen molar-refractivity contribution in [3.63, 3.8) is 0 Å². The van der Waals surface area contributed by atoms with Crippen molar-refractivity contribution in [2.24, 2.45) is 0 Å². The lowest BCUT2D eigenvalue weighted by Crippen LogP contribution is -2.34. The van der Waals surface area contributed by atoms with Gasteiger partial charge in [0, 0.05) is 3.57 Å². The maximum Gasteiger partial charge on any atom is 0.261 e. The zero-order valence-corrected chi connectivity index (χ0v) is 16.7. The van der Waals surface area contributed by atoms with Gasteiger partial charge in [-0.2, -0.15) is 0 Å². The molecule has 0 fully saturated rings. The molecule has 1 amide bonds. The van der Waals surface area contributed by atoms with Crippen LogP contribution in [0.25, 0.3) is 10.8 Å². The van der Waals surface area contributed by atoms with Gasteiger partial charge in [0.1, 0.15) is 11.6 Å². The molecule has 0 aliphatic rings. The first-order valence-electron chi connectivity index (χ1n) is 7.62. The third-order valence-corrected chi connectivity index (χ3v) is 4.59. The average Bonchev–Trinajstić information content (AvgIpc) is 2.62. The highest BCUT2D eigenvalue weighted by Gasteiger charge is 2.15. The molecule has 0 aromatic heterocycles. The normalized spacial score (nSPS) is 10.4. The molecule has 0 saturated carbocycles. The maximum absolute atomic E-state index is 13.9. The summed E-state index contributed by atoms with van der Waals surface area (Å²) in [7, 11) is 1.50. The monoisotopic (exact) mass is 480 g/mol. The van der Waals surface area contributed by atoms with E-state index in [4.69, 9.17) is 17.0 Å². The van der Waals surface area contributed by atoms with Gasteiger partial charge in [0.25, 0.3) is 5.91 Å². The Bertz CT molecular complexity index is 1010. The molecule has 3 rings (SSSR count). The molecule has 0 bridgehead atoms. The zero-order chi connectivity index (χ0) is 18.7. The van der Waals surface area contributed by atoms with Crippen molar-refractivity contribution >= 4 is 62.3 Å². The van der Waals surface area contributed by atoms with Crippen LogP contribution in [-0.2, 0) is 0 Å². The summed E-state index contributed by atoms with van der Waals surface area (Å²) in [5, 5.41) is 7.12. The van der Waals surface area contributed by atoms with E-state index in [2.05, 4.69) is 10.6 Å². The van der Waals surface area contributed by atoms with Gasteiger partial charge in [0.05, 0.1) is 18.4 Å². The number of carbonyl (C=O) groups is 1. The Kier molecular flexibility index (Phi) is 5.67. The zero-order valence-electron chi connectivity index (χ0n) is 13.7. The number of ether oxygens (including phenoxy) is 1. The van der Waals surface area contributed by atoms with Gasteiger partial charge in [-0.1, -0.05) is 24.3 Å². The van der Waals surface area contributed by atoms with Crippen LogP contribution >= 0.6 is 34.8 Å². The topological polar surface area (TPSA) is 50.4 Å². The molecule has 4 nitrogen and oxygen atoms in total. The van der Waals surface area contributed by atoms with E-state index in [1.54, 1.807) is 24.3 Å². The van der Waals surface area contributed by atoms with E-state index >= 15 is 0 Å². The van der Waals surface area contributed by atoms with E-state index in [0.29, 0.717) is 11.3 Å². The number of methoxy groups -OCH3 is 1. The number of halogens is 2. The highest BCUT2D eigenvalue weighted by Crippen LogP contribution is 2.26. The number of thiocarbonyl (C=S) groups is 1. The Morgan fingerprint density at radius 2 is 1.81 bits per heavy atom. The minimum Gasteiger partial charge on any atom is -0.496 e. The summed E-state index contributed by atoms with van der Waals surface area (Å²) < 4.78 is 20.0. The second kappa shape index (κ2) is 7.96. The number of amides is 1. The fourth-order valence-electron chi connectivity index (χ4n) is 2.48. The molecule has 3 aromatic rings. The first kappa shape index (κ1) is 18.5. The molecular formula is C19H14FIN2O2S. The van der Waals surface area contributed by atoms with E-state index in [9.17, 15) is 9.18 Å². The molecule has 132 valence electrons. The van der Waals surface area contributed by atoms with Crippen LogP contribution in [-0.4, -0.2) is 18.1 Å². The van der Waals surface area contributed by atoms with Crippen LogP contribution in [0.1, 0.15) is 10.4 Å². The largest absolute Gasteiger partial charge is 0.496 e. The van der Waals surface area contributed by atoms with Gasteiger partial charge in [-0.15, -0.1) is 0 Å². The average molecular weight is 480 g/mol. The van der Waals surface area contributed by atoms with Crippen molar-refractivity contribution in [1.29, 1.82) is 0 Å². The van der Waals surface area contributed by atoms with E-state index in [1.165, 1.54) is 13.2 Å². The van der Waals surface area contributed by atoms with Crippen LogP contribution in [0.5, 0.6) is 5.75 Å². The van der Waals surface area contributed by atoms with Crippen molar-refractivity contribution < 1.29 is 13.9 Å². The quantitative estimate of drug-likeness (QED) is 0.421. The van der Waals surface area contributed by atoms with Crippen LogP contribution in [0, 0.1) is 9.39 Å². The second-order valence-corrected chi connectivity index (χ2v) is 7.09. The molecule has 0 saturated heterocycles. The molecule has 0 aliphatic carbocycles. The summed E-state index contributed by atoms with van der Waals surface area (Å²) in [6.07, 6.45) is 0. The first-order valence-corrected chi connectivity index (χ1v) is 9.11. The minimum atomic E-state index is -0.447. The second-order valence-electron chi connectivity index (χ2n) is 5.43. The van der Waals surface area contributed by atoms with Crippen LogP contribution in [0.3, 0.4) is 0 Å². The first-order chi connectivity index (χ1) is 12.5. The fraction of sp³-hybridized carbons (Fsp3) is 0.0526. The lowest BCUT2D eigenvalue weighted by molar-refractivity contribution is 0.0975. The van der Waals surface area contributed by atoms with Crippen molar-refractivity contribution in [2.45, 2.75) is 0 Å². The van der Waals surface area contributed by atoms with Gasteiger partial charge in [-0.3, -0.25) is 10.1 Å². The van der Waals surface area contributed by atoms with Gasteiger partial charge >= 0.3 is 0 Å². The fourth-order valence-corrected chi connectivity index (χ4v) is 3.14. The van der Waals surface area contributed by atoms with E-state index in [0.717, 1.165) is 14.3 Å². The molecule has 0 aliphatic heterocycles. The van der Waals surface area contributed by atoms with E-state index in [-0.39, 0.29) is 10.8 Å². The summed E-state index contributed by atoms with van der Waals surface area (Å²) >= 11 is 7.14. The van der Waals surface area contributed by atoms with Crippen molar-refractivity contribution in [3.8, 4) is 5.75 Å². The number of anilines is 1. The Balaban J connectivity index is 1.80. The molecule has 26 heavy (non-hydrogen) atoms. The van der Waals surface area contributed by atoms with Crippen molar-refractivity contribution in [2.75, 3.05) is 12.4 Å². The standard InChI is InChI=1S/C19H14FIN2O2S/c1-25-17-9-12-5-3-2-4-11(12)8-14(17)18(24)23-19(26)22-16-7-6-13(21)10-15(16)20/h2-10H,1H3,(H2,22,23,24,26). The predicted molar refractivity (Wildman–Crippen MR) is 113 cm³/mol. The molecule has 0 heterocycles. The number of fused-ring (bicyclic) bond motifs is 1. The van der Waals surface area contributed by atoms with Gasteiger partial charge in [0.2, 0.25) is 0 Å². The maximum atomic E-state index is 13.9. The third kappa shape index (κ3) is 4.10. The van der Waals surface area contributed by atoms with Crippen LogP contribution < -0.4 is 15.4 Å². The van der Waals surface area contributed by atoms with Gasteiger partial charge < -0.3 is 10.1 Å². The smallest absolute Gasteiger partial charge is 0.261 e. The van der Waals surface area contributed by atoms with Crippen LogP contribution in [0.4, 0.5) is 10.1 Å². The number of nitrogens with one attached hydrogen (secondary N) is 2. The summed E-state index contributed by atoms with van der Waals surface area (Å²) in [4.78, 5) is 12.6. The molecule has 0 spiro atoms. The molecule has 0 atom stereocenters. The molecule has 7 heteroatoms. The van der Waals surface area contributed by atoms with Crippen LogP contribution in [0.15, 0.2) is 54.6 Å². The number of hydrogen-bond donors (Lipinski definition) is 2. The highest BCUT2D eigenvalue weighted by atomic mass is 127. The SMILES string of the molecule is COc1cc2ccccc2cc1C(=O)NC(=S)Nc1ccc(I)cc1F.